The Balaban J connectivity index is 2.86. The van der Waals surface area contributed by atoms with Gasteiger partial charge in [0.2, 0.25) is 0 Å². The number of nitrogens with one attached hydrogen (secondary N) is 1. The van der Waals surface area contributed by atoms with Crippen LogP contribution >= 0.6 is 0 Å². The molecule has 1 aromatic heterocycles. The zero-order chi connectivity index (χ0) is 13.1. The second-order valence-electron chi connectivity index (χ2n) is 5.88. The summed E-state index contributed by atoms with van der Waals surface area (Å²) in [5.74, 6) is 0.498. The molecular formula is C15H24N2. The van der Waals surface area contributed by atoms with Crippen molar-refractivity contribution in [2.24, 2.45) is 11.3 Å². The highest BCUT2D eigenvalue weighted by molar-refractivity contribution is 5.18. The molecule has 0 saturated carbocycles. The molecule has 1 N–H and O–H groups in total. The Morgan fingerprint density at radius 1 is 1.35 bits per heavy atom. The lowest BCUT2D eigenvalue weighted by molar-refractivity contribution is 0.381. The first kappa shape index (κ1) is 13.8. The predicted molar refractivity (Wildman–Crippen MR) is 73.5 cm³/mol. The van der Waals surface area contributed by atoms with E-state index in [4.69, 9.17) is 0 Å². The van der Waals surface area contributed by atoms with Crippen LogP contribution < -0.4 is 5.32 Å². The Morgan fingerprint density at radius 3 is 2.41 bits per heavy atom. The quantitative estimate of drug-likeness (QED) is 0.851. The molecule has 0 aliphatic rings. The summed E-state index contributed by atoms with van der Waals surface area (Å²) < 4.78 is 0. The molecule has 17 heavy (non-hydrogen) atoms. The molecule has 0 radical (unpaired) electrons. The fourth-order valence-electron chi connectivity index (χ4n) is 1.60. The third-order valence-electron chi connectivity index (χ3n) is 2.95. The van der Waals surface area contributed by atoms with Crippen LogP contribution in [0.15, 0.2) is 36.8 Å². The van der Waals surface area contributed by atoms with E-state index in [1.54, 1.807) is 6.20 Å². The maximum Gasteiger partial charge on any atom is 0.0548 e. The van der Waals surface area contributed by atoms with Gasteiger partial charge in [-0.15, -0.1) is 0 Å². The Kier molecular flexibility index (Phi) is 4.33. The van der Waals surface area contributed by atoms with Gasteiger partial charge in [0, 0.05) is 23.5 Å². The van der Waals surface area contributed by atoms with Gasteiger partial charge in [-0.25, -0.2) is 0 Å². The third kappa shape index (κ3) is 3.88. The second-order valence-corrected chi connectivity index (χ2v) is 5.88. The number of hydrogen-bond acceptors (Lipinski definition) is 2. The first-order valence-electron chi connectivity index (χ1n) is 6.18. The van der Waals surface area contributed by atoms with Crippen LogP contribution in [0, 0.1) is 11.3 Å². The second kappa shape index (κ2) is 5.35. The summed E-state index contributed by atoms with van der Waals surface area (Å²) in [4.78, 5) is 4.19. The Hall–Kier alpha value is -1.31. The number of rotatable bonds is 4. The molecule has 94 valence electrons. The molecule has 1 unspecified atom stereocenters. The first-order chi connectivity index (χ1) is 7.82. The van der Waals surface area contributed by atoms with Gasteiger partial charge in [-0.2, -0.15) is 0 Å². The Morgan fingerprint density at radius 2 is 2.00 bits per heavy atom. The average Bonchev–Trinajstić information content (AvgIpc) is 2.25. The monoisotopic (exact) mass is 232 g/mol. The molecular weight excluding hydrogens is 208 g/mol. The van der Waals surface area contributed by atoms with Gasteiger partial charge in [-0.1, -0.05) is 47.3 Å². The molecule has 0 aromatic carbocycles. The van der Waals surface area contributed by atoms with E-state index in [0.717, 1.165) is 5.70 Å². The normalized spacial score (nSPS) is 13.5. The molecule has 0 saturated heterocycles. The first-order valence-corrected chi connectivity index (χ1v) is 6.18. The summed E-state index contributed by atoms with van der Waals surface area (Å²) in [7, 11) is 0. The van der Waals surface area contributed by atoms with Crippen molar-refractivity contribution < 1.29 is 0 Å². The third-order valence-corrected chi connectivity index (χ3v) is 2.95. The van der Waals surface area contributed by atoms with E-state index in [-0.39, 0.29) is 11.5 Å². The molecule has 2 heteroatoms. The van der Waals surface area contributed by atoms with Crippen molar-refractivity contribution in [3.63, 3.8) is 0 Å². The lowest BCUT2D eigenvalue weighted by Crippen LogP contribution is -2.30. The van der Waals surface area contributed by atoms with Crippen LogP contribution in [0.2, 0.25) is 0 Å². The topological polar surface area (TPSA) is 24.9 Å². The highest BCUT2D eigenvalue weighted by Crippen LogP contribution is 2.27. The molecule has 0 aliphatic heterocycles. The minimum atomic E-state index is 0.0787. The highest BCUT2D eigenvalue weighted by atomic mass is 14.9. The largest absolute Gasteiger partial charge is 0.381 e. The Labute approximate surface area is 105 Å². The molecule has 1 rings (SSSR count). The van der Waals surface area contributed by atoms with E-state index >= 15 is 0 Å². The van der Waals surface area contributed by atoms with Gasteiger partial charge >= 0.3 is 0 Å². The van der Waals surface area contributed by atoms with E-state index in [1.807, 2.05) is 12.3 Å². The van der Waals surface area contributed by atoms with Gasteiger partial charge in [0.25, 0.3) is 0 Å². The van der Waals surface area contributed by atoms with E-state index in [9.17, 15) is 0 Å². The van der Waals surface area contributed by atoms with Crippen molar-refractivity contribution in [1.29, 1.82) is 0 Å². The summed E-state index contributed by atoms with van der Waals surface area (Å²) in [5.41, 5.74) is 2.36. The van der Waals surface area contributed by atoms with Crippen LogP contribution in [-0.4, -0.2) is 4.98 Å². The smallest absolute Gasteiger partial charge is 0.0548 e. The SMILES string of the molecule is C=C(NC(c1cccnc1)C(C)C)C(C)(C)C. The fourth-order valence-corrected chi connectivity index (χ4v) is 1.60. The fraction of sp³-hybridized carbons (Fsp3) is 0.533. The van der Waals surface area contributed by atoms with Gasteiger partial charge in [0.15, 0.2) is 0 Å². The van der Waals surface area contributed by atoms with Crippen LogP contribution in [-0.2, 0) is 0 Å². The van der Waals surface area contributed by atoms with Crippen LogP contribution in [0.5, 0.6) is 0 Å². The average molecular weight is 232 g/mol. The van der Waals surface area contributed by atoms with Crippen molar-refractivity contribution in [2.75, 3.05) is 0 Å². The maximum atomic E-state index is 4.19. The molecule has 0 spiro atoms. The minimum absolute atomic E-state index is 0.0787. The predicted octanol–water partition coefficient (Wildman–Crippen LogP) is 3.93. The number of nitrogens with zero attached hydrogens (tertiary/aromatic N) is 1. The minimum Gasteiger partial charge on any atom is -0.381 e. The van der Waals surface area contributed by atoms with Crippen LogP contribution in [0.3, 0.4) is 0 Å². The zero-order valence-electron chi connectivity index (χ0n) is 11.6. The zero-order valence-corrected chi connectivity index (χ0v) is 11.6. The molecule has 1 heterocycles. The van der Waals surface area contributed by atoms with Crippen molar-refractivity contribution in [3.8, 4) is 0 Å². The molecule has 0 fully saturated rings. The van der Waals surface area contributed by atoms with Crippen molar-refractivity contribution in [3.05, 3.63) is 42.4 Å². The molecule has 1 atom stereocenters. The van der Waals surface area contributed by atoms with Crippen molar-refractivity contribution in [1.82, 2.24) is 10.3 Å². The highest BCUT2D eigenvalue weighted by Gasteiger charge is 2.21. The summed E-state index contributed by atoms with van der Waals surface area (Å²) in [6, 6.07) is 4.36. The molecule has 0 aliphatic carbocycles. The van der Waals surface area contributed by atoms with Gasteiger partial charge in [0.1, 0.15) is 0 Å². The number of aromatic nitrogens is 1. The lowest BCUT2D eigenvalue weighted by Gasteiger charge is -2.31. The van der Waals surface area contributed by atoms with Crippen LogP contribution in [0.1, 0.15) is 46.2 Å². The number of pyridine rings is 1. The maximum absolute atomic E-state index is 4.19. The van der Waals surface area contributed by atoms with E-state index in [0.29, 0.717) is 5.92 Å². The van der Waals surface area contributed by atoms with Gasteiger partial charge in [0.05, 0.1) is 6.04 Å². The summed E-state index contributed by atoms with van der Waals surface area (Å²) >= 11 is 0. The van der Waals surface area contributed by atoms with E-state index < -0.39 is 0 Å². The summed E-state index contributed by atoms with van der Waals surface area (Å²) in [6.45, 7) is 15.1. The van der Waals surface area contributed by atoms with Crippen LogP contribution in [0.4, 0.5) is 0 Å². The number of allylic oxidation sites excluding steroid dienone is 1. The van der Waals surface area contributed by atoms with Gasteiger partial charge < -0.3 is 5.32 Å². The standard InChI is InChI=1S/C15H24N2/c1-11(2)14(13-8-7-9-16-10-13)17-12(3)15(4,5)6/h7-11,14,17H,3H2,1-2,4-6H3. The van der Waals surface area contributed by atoms with Crippen molar-refractivity contribution in [2.45, 2.75) is 40.7 Å². The van der Waals surface area contributed by atoms with E-state index in [2.05, 4.69) is 57.6 Å². The molecule has 2 nitrogen and oxygen atoms in total. The van der Waals surface area contributed by atoms with E-state index in [1.165, 1.54) is 5.56 Å². The van der Waals surface area contributed by atoms with Gasteiger partial charge in [-0.3, -0.25) is 4.98 Å². The molecule has 1 aromatic rings. The molecule has 0 amide bonds. The number of hydrogen-bond donors (Lipinski definition) is 1. The summed E-state index contributed by atoms with van der Waals surface area (Å²) in [5, 5.41) is 3.54. The van der Waals surface area contributed by atoms with Crippen LogP contribution in [0.25, 0.3) is 0 Å². The molecule has 0 bridgehead atoms. The lowest BCUT2D eigenvalue weighted by atomic mass is 9.90. The Bertz CT molecular complexity index is 360. The van der Waals surface area contributed by atoms with Crippen molar-refractivity contribution >= 4 is 0 Å². The summed E-state index contributed by atoms with van der Waals surface area (Å²) in [6.07, 6.45) is 3.73. The van der Waals surface area contributed by atoms with Gasteiger partial charge in [-0.05, 0) is 17.5 Å².